The predicted octanol–water partition coefficient (Wildman–Crippen LogP) is 1.93. The first-order valence-electron chi connectivity index (χ1n) is 7.48. The lowest BCUT2D eigenvalue weighted by molar-refractivity contribution is -0.131. The second kappa shape index (κ2) is 7.29. The molecule has 0 spiro atoms. The molecule has 1 aromatic carbocycles. The minimum atomic E-state index is 0.112. The zero-order valence-electron chi connectivity index (χ0n) is 12.1. The van der Waals surface area contributed by atoms with Crippen molar-refractivity contribution in [1.29, 1.82) is 0 Å². The first-order valence-corrected chi connectivity index (χ1v) is 7.48. The number of amides is 1. The zero-order chi connectivity index (χ0) is 14.4. The summed E-state index contributed by atoms with van der Waals surface area (Å²) >= 11 is 0. The van der Waals surface area contributed by atoms with E-state index in [1.54, 1.807) is 12.1 Å². The largest absolute Gasteiger partial charge is 0.508 e. The number of hydrogen-bond acceptors (Lipinski definition) is 3. The van der Waals surface area contributed by atoms with E-state index in [-0.39, 0.29) is 11.7 Å². The summed E-state index contributed by atoms with van der Waals surface area (Å²) in [5.41, 5.74) is 0.712. The van der Waals surface area contributed by atoms with Crippen LogP contribution >= 0.6 is 0 Å². The fourth-order valence-corrected chi connectivity index (χ4v) is 2.62. The van der Waals surface area contributed by atoms with Crippen molar-refractivity contribution < 1.29 is 9.90 Å². The zero-order valence-corrected chi connectivity index (χ0v) is 12.1. The Kier molecular flexibility index (Phi) is 5.41. The maximum Gasteiger partial charge on any atom is 0.227 e. The van der Waals surface area contributed by atoms with E-state index >= 15 is 0 Å². The Bertz CT molecular complexity index is 440. The Balaban J connectivity index is 1.82. The highest BCUT2D eigenvalue weighted by molar-refractivity contribution is 5.79. The summed E-state index contributed by atoms with van der Waals surface area (Å²) in [6, 6.07) is 7.60. The summed E-state index contributed by atoms with van der Waals surface area (Å²) in [4.78, 5) is 14.1. The van der Waals surface area contributed by atoms with E-state index in [1.165, 1.54) is 0 Å². The third-order valence-electron chi connectivity index (χ3n) is 3.86. The fraction of sp³-hybridized carbons (Fsp3) is 0.562. The van der Waals surface area contributed by atoms with Crippen molar-refractivity contribution in [3.8, 4) is 5.75 Å². The SMILES string of the molecule is CCCNC1CCN(C(=O)Cc2ccccc2O)CC1. The van der Waals surface area contributed by atoms with Gasteiger partial charge in [-0.3, -0.25) is 4.79 Å². The smallest absolute Gasteiger partial charge is 0.227 e. The Morgan fingerprint density at radius 2 is 2.05 bits per heavy atom. The number of nitrogens with one attached hydrogen (secondary N) is 1. The third kappa shape index (κ3) is 3.97. The third-order valence-corrected chi connectivity index (χ3v) is 3.86. The lowest BCUT2D eigenvalue weighted by atomic mass is 10.0. The molecule has 0 unspecified atom stereocenters. The Labute approximate surface area is 120 Å². The highest BCUT2D eigenvalue weighted by Crippen LogP contribution is 2.18. The number of nitrogens with zero attached hydrogens (tertiary/aromatic N) is 1. The van der Waals surface area contributed by atoms with Gasteiger partial charge in [-0.25, -0.2) is 0 Å². The van der Waals surface area contributed by atoms with Gasteiger partial charge in [0.1, 0.15) is 5.75 Å². The molecule has 0 radical (unpaired) electrons. The van der Waals surface area contributed by atoms with Crippen LogP contribution in [0.4, 0.5) is 0 Å². The van der Waals surface area contributed by atoms with Crippen LogP contribution in [-0.4, -0.2) is 41.6 Å². The van der Waals surface area contributed by atoms with Crippen LogP contribution in [0.25, 0.3) is 0 Å². The van der Waals surface area contributed by atoms with E-state index in [0.29, 0.717) is 18.0 Å². The summed E-state index contributed by atoms with van der Waals surface area (Å²) in [5.74, 6) is 0.320. The molecule has 1 amide bonds. The normalized spacial score (nSPS) is 16.4. The molecule has 1 aliphatic heterocycles. The molecule has 1 heterocycles. The molecule has 2 rings (SSSR count). The summed E-state index contributed by atoms with van der Waals surface area (Å²) in [7, 11) is 0. The number of carbonyl (C=O) groups is 1. The average Bonchev–Trinajstić information content (AvgIpc) is 2.48. The van der Waals surface area contributed by atoms with Crippen LogP contribution in [0.5, 0.6) is 5.75 Å². The van der Waals surface area contributed by atoms with Crippen LogP contribution in [0, 0.1) is 0 Å². The van der Waals surface area contributed by atoms with Crippen LogP contribution in [0.2, 0.25) is 0 Å². The molecule has 110 valence electrons. The number of phenolic OH excluding ortho intramolecular Hbond substituents is 1. The number of phenols is 1. The molecule has 4 heteroatoms. The quantitative estimate of drug-likeness (QED) is 0.864. The monoisotopic (exact) mass is 276 g/mol. The first-order chi connectivity index (χ1) is 9.70. The second-order valence-corrected chi connectivity index (χ2v) is 5.41. The van der Waals surface area contributed by atoms with Crippen LogP contribution in [0.15, 0.2) is 24.3 Å². The number of rotatable bonds is 5. The van der Waals surface area contributed by atoms with Crippen molar-refractivity contribution in [2.45, 2.75) is 38.6 Å². The average molecular weight is 276 g/mol. The molecule has 4 nitrogen and oxygen atoms in total. The topological polar surface area (TPSA) is 52.6 Å². The van der Waals surface area contributed by atoms with Gasteiger partial charge in [0.05, 0.1) is 6.42 Å². The maximum atomic E-state index is 12.2. The molecule has 0 bridgehead atoms. The molecule has 0 saturated carbocycles. The van der Waals surface area contributed by atoms with Crippen LogP contribution in [-0.2, 0) is 11.2 Å². The second-order valence-electron chi connectivity index (χ2n) is 5.41. The van der Waals surface area contributed by atoms with Crippen molar-refractivity contribution in [3.05, 3.63) is 29.8 Å². The van der Waals surface area contributed by atoms with Gasteiger partial charge in [-0.1, -0.05) is 25.1 Å². The fourth-order valence-electron chi connectivity index (χ4n) is 2.62. The molecule has 1 aliphatic rings. The Morgan fingerprint density at radius 1 is 1.35 bits per heavy atom. The van der Waals surface area contributed by atoms with Gasteiger partial charge in [-0.15, -0.1) is 0 Å². The van der Waals surface area contributed by atoms with Gasteiger partial charge < -0.3 is 15.3 Å². The van der Waals surface area contributed by atoms with E-state index in [9.17, 15) is 9.90 Å². The molecular formula is C16H24N2O2. The van der Waals surface area contributed by atoms with Crippen molar-refractivity contribution in [1.82, 2.24) is 10.2 Å². The first kappa shape index (κ1) is 14.9. The lowest BCUT2D eigenvalue weighted by Crippen LogP contribution is -2.45. The summed E-state index contributed by atoms with van der Waals surface area (Å²) in [5, 5.41) is 13.2. The van der Waals surface area contributed by atoms with E-state index in [1.807, 2.05) is 17.0 Å². The number of carbonyl (C=O) groups excluding carboxylic acids is 1. The van der Waals surface area contributed by atoms with Crippen molar-refractivity contribution >= 4 is 5.91 Å². The number of benzene rings is 1. The van der Waals surface area contributed by atoms with Gasteiger partial charge >= 0.3 is 0 Å². The molecule has 0 aromatic heterocycles. The molecule has 1 aromatic rings. The molecule has 0 atom stereocenters. The summed E-state index contributed by atoms with van der Waals surface area (Å²) in [6.07, 6.45) is 3.48. The molecular weight excluding hydrogens is 252 g/mol. The number of hydrogen-bond donors (Lipinski definition) is 2. The van der Waals surface area contributed by atoms with Crippen LogP contribution < -0.4 is 5.32 Å². The van der Waals surface area contributed by atoms with Gasteiger partial charge in [-0.05, 0) is 31.9 Å². The number of piperidine rings is 1. The van der Waals surface area contributed by atoms with Gasteiger partial charge in [-0.2, -0.15) is 0 Å². The van der Waals surface area contributed by atoms with E-state index < -0.39 is 0 Å². The van der Waals surface area contributed by atoms with E-state index in [4.69, 9.17) is 0 Å². The van der Waals surface area contributed by atoms with Crippen LogP contribution in [0.3, 0.4) is 0 Å². The number of para-hydroxylation sites is 1. The van der Waals surface area contributed by atoms with E-state index in [0.717, 1.165) is 38.9 Å². The Morgan fingerprint density at radius 3 is 2.70 bits per heavy atom. The lowest BCUT2D eigenvalue weighted by Gasteiger charge is -2.32. The van der Waals surface area contributed by atoms with Crippen molar-refractivity contribution in [2.24, 2.45) is 0 Å². The van der Waals surface area contributed by atoms with Crippen molar-refractivity contribution in [3.63, 3.8) is 0 Å². The highest BCUT2D eigenvalue weighted by Gasteiger charge is 2.22. The van der Waals surface area contributed by atoms with Crippen molar-refractivity contribution in [2.75, 3.05) is 19.6 Å². The molecule has 20 heavy (non-hydrogen) atoms. The minimum Gasteiger partial charge on any atom is -0.508 e. The number of likely N-dealkylation sites (tertiary alicyclic amines) is 1. The van der Waals surface area contributed by atoms with Gasteiger partial charge in [0.25, 0.3) is 0 Å². The van der Waals surface area contributed by atoms with Crippen LogP contribution in [0.1, 0.15) is 31.7 Å². The Hall–Kier alpha value is -1.55. The molecule has 1 fully saturated rings. The van der Waals surface area contributed by atoms with E-state index in [2.05, 4.69) is 12.2 Å². The summed E-state index contributed by atoms with van der Waals surface area (Å²) in [6.45, 7) is 4.84. The highest BCUT2D eigenvalue weighted by atomic mass is 16.3. The molecule has 0 aliphatic carbocycles. The standard InChI is InChI=1S/C16H24N2O2/c1-2-9-17-14-7-10-18(11-8-14)16(20)12-13-5-3-4-6-15(13)19/h3-6,14,17,19H,2,7-12H2,1H3. The maximum absolute atomic E-state index is 12.2. The van der Waals surface area contributed by atoms with Gasteiger partial charge in [0.2, 0.25) is 5.91 Å². The predicted molar refractivity (Wildman–Crippen MR) is 79.7 cm³/mol. The minimum absolute atomic E-state index is 0.112. The summed E-state index contributed by atoms with van der Waals surface area (Å²) < 4.78 is 0. The van der Waals surface area contributed by atoms with Gasteiger partial charge in [0, 0.05) is 24.7 Å². The molecule has 1 saturated heterocycles. The number of aromatic hydroxyl groups is 1. The molecule has 2 N–H and O–H groups in total. The van der Waals surface area contributed by atoms with Gasteiger partial charge in [0.15, 0.2) is 0 Å².